The van der Waals surface area contributed by atoms with E-state index in [1.54, 1.807) is 12.1 Å². The maximum Gasteiger partial charge on any atom is 0.231 e. The number of ether oxygens (including phenoxy) is 3. The van der Waals surface area contributed by atoms with Crippen LogP contribution in [0.4, 0.5) is 0 Å². The molecule has 3 aliphatic heterocycles. The van der Waals surface area contributed by atoms with Crippen molar-refractivity contribution in [2.75, 3.05) is 6.79 Å². The summed E-state index contributed by atoms with van der Waals surface area (Å²) in [7, 11) is 0. The molecule has 1 aromatic carbocycles. The second kappa shape index (κ2) is 5.42. The van der Waals surface area contributed by atoms with E-state index in [9.17, 15) is 14.7 Å². The van der Waals surface area contributed by atoms with Crippen LogP contribution < -0.4 is 19.9 Å². The molecule has 0 radical (unpaired) electrons. The monoisotopic (exact) mass is 318 g/mol. The van der Waals surface area contributed by atoms with Crippen molar-refractivity contribution in [1.82, 2.24) is 5.32 Å². The van der Waals surface area contributed by atoms with Crippen molar-refractivity contribution in [2.45, 2.75) is 31.6 Å². The van der Waals surface area contributed by atoms with Crippen molar-refractivity contribution in [3.63, 3.8) is 0 Å². The molecule has 3 aliphatic rings. The molecule has 2 bridgehead atoms. The van der Waals surface area contributed by atoms with Gasteiger partial charge < -0.3 is 29.4 Å². The van der Waals surface area contributed by atoms with E-state index in [1.807, 2.05) is 6.07 Å². The Bertz CT molecular complexity index is 660. The second-order valence-corrected chi connectivity index (χ2v) is 6.07. The van der Waals surface area contributed by atoms with Crippen molar-refractivity contribution >= 4 is 11.9 Å². The highest BCUT2D eigenvalue weighted by molar-refractivity contribution is 5.86. The van der Waals surface area contributed by atoms with E-state index in [4.69, 9.17) is 14.2 Å². The Kier molecular flexibility index (Phi) is 3.37. The standard InChI is InChI=1S/C16H17NO6/c18-15(13-10-3-4-11(23-10)14(13)16(19)20)17-6-8-1-2-9-12(5-8)22-7-21-9/h1-2,5,10-11,13-14H,3-4,6-7H2,(H,17,18)(H,19,20)/p-1/t10-,11+,13-,14+/m1/s1. The number of carboxylic acids is 1. The second-order valence-electron chi connectivity index (χ2n) is 6.07. The molecule has 1 N–H and O–H groups in total. The minimum absolute atomic E-state index is 0.195. The van der Waals surface area contributed by atoms with E-state index in [0.29, 0.717) is 24.5 Å². The Balaban J connectivity index is 1.43. The Labute approximate surface area is 132 Å². The van der Waals surface area contributed by atoms with Gasteiger partial charge in [0, 0.05) is 18.4 Å². The van der Waals surface area contributed by atoms with Crippen LogP contribution in [0.25, 0.3) is 0 Å². The summed E-state index contributed by atoms with van der Waals surface area (Å²) in [6.07, 6.45) is 0.678. The Morgan fingerprint density at radius 3 is 2.65 bits per heavy atom. The zero-order valence-electron chi connectivity index (χ0n) is 12.3. The lowest BCUT2D eigenvalue weighted by atomic mass is 9.78. The average molecular weight is 318 g/mol. The topological polar surface area (TPSA) is 96.9 Å². The molecule has 4 rings (SSSR count). The number of nitrogens with one attached hydrogen (secondary N) is 1. The number of fused-ring (bicyclic) bond motifs is 3. The maximum atomic E-state index is 12.4. The lowest BCUT2D eigenvalue weighted by Gasteiger charge is -2.27. The molecule has 0 saturated carbocycles. The van der Waals surface area contributed by atoms with Gasteiger partial charge in [-0.3, -0.25) is 4.79 Å². The van der Waals surface area contributed by atoms with Gasteiger partial charge in [0.05, 0.1) is 18.1 Å². The van der Waals surface area contributed by atoms with Crippen LogP contribution in [0, 0.1) is 11.8 Å². The van der Waals surface area contributed by atoms with Gasteiger partial charge in [0.25, 0.3) is 0 Å². The molecule has 7 heteroatoms. The van der Waals surface area contributed by atoms with Crippen LogP contribution in [-0.4, -0.2) is 30.9 Å². The van der Waals surface area contributed by atoms with Crippen molar-refractivity contribution in [3.8, 4) is 11.5 Å². The molecule has 4 atom stereocenters. The van der Waals surface area contributed by atoms with Crippen molar-refractivity contribution in [2.24, 2.45) is 11.8 Å². The van der Waals surface area contributed by atoms with Gasteiger partial charge in [0.2, 0.25) is 12.7 Å². The predicted molar refractivity (Wildman–Crippen MR) is 74.3 cm³/mol. The number of aliphatic carboxylic acids is 1. The number of benzene rings is 1. The fourth-order valence-corrected chi connectivity index (χ4v) is 3.67. The number of amides is 1. The summed E-state index contributed by atoms with van der Waals surface area (Å²) in [5.41, 5.74) is 0.858. The molecule has 23 heavy (non-hydrogen) atoms. The molecule has 2 fully saturated rings. The molecule has 1 aromatic rings. The summed E-state index contributed by atoms with van der Waals surface area (Å²) < 4.78 is 16.1. The molecule has 0 unspecified atom stereocenters. The third kappa shape index (κ3) is 2.41. The van der Waals surface area contributed by atoms with Crippen molar-refractivity contribution in [1.29, 1.82) is 0 Å². The molecule has 7 nitrogen and oxygen atoms in total. The quantitative estimate of drug-likeness (QED) is 0.809. The minimum atomic E-state index is -1.21. The zero-order valence-corrected chi connectivity index (χ0v) is 12.3. The molecule has 1 amide bonds. The summed E-state index contributed by atoms with van der Waals surface area (Å²) in [5, 5.41) is 14.1. The number of hydrogen-bond acceptors (Lipinski definition) is 6. The number of hydrogen-bond donors (Lipinski definition) is 1. The highest BCUT2D eigenvalue weighted by Gasteiger charge is 2.52. The van der Waals surface area contributed by atoms with Gasteiger partial charge in [-0.25, -0.2) is 0 Å². The number of carbonyl (C=O) groups is 2. The van der Waals surface area contributed by atoms with E-state index in [-0.39, 0.29) is 18.8 Å². The lowest BCUT2D eigenvalue weighted by molar-refractivity contribution is -0.314. The van der Waals surface area contributed by atoms with Gasteiger partial charge in [0.15, 0.2) is 11.5 Å². The van der Waals surface area contributed by atoms with Crippen molar-refractivity contribution in [3.05, 3.63) is 23.8 Å². The molecular formula is C16H16NO6-. The summed E-state index contributed by atoms with van der Waals surface area (Å²) in [4.78, 5) is 23.7. The maximum absolute atomic E-state index is 12.4. The highest BCUT2D eigenvalue weighted by atomic mass is 16.7. The van der Waals surface area contributed by atoms with Crippen LogP contribution in [0.3, 0.4) is 0 Å². The van der Waals surface area contributed by atoms with Gasteiger partial charge in [-0.1, -0.05) is 6.07 Å². The van der Waals surface area contributed by atoms with Gasteiger partial charge in [-0.15, -0.1) is 0 Å². The summed E-state index contributed by atoms with van der Waals surface area (Å²) >= 11 is 0. The van der Waals surface area contributed by atoms with Crippen LogP contribution in [0.15, 0.2) is 18.2 Å². The first-order valence-corrected chi connectivity index (χ1v) is 7.66. The summed E-state index contributed by atoms with van der Waals surface area (Å²) in [6, 6.07) is 5.42. The summed E-state index contributed by atoms with van der Waals surface area (Å²) in [6.45, 7) is 0.490. The van der Waals surface area contributed by atoms with E-state index >= 15 is 0 Å². The molecule has 3 heterocycles. The molecule has 2 saturated heterocycles. The fourth-order valence-electron chi connectivity index (χ4n) is 3.67. The fraction of sp³-hybridized carbons (Fsp3) is 0.500. The molecular weight excluding hydrogens is 302 g/mol. The largest absolute Gasteiger partial charge is 0.550 e. The summed E-state index contributed by atoms with van der Waals surface area (Å²) in [5.74, 6) is -1.71. The van der Waals surface area contributed by atoms with Crippen LogP contribution >= 0.6 is 0 Å². The smallest absolute Gasteiger partial charge is 0.231 e. The van der Waals surface area contributed by atoms with Gasteiger partial charge in [0.1, 0.15) is 0 Å². The van der Waals surface area contributed by atoms with Crippen LogP contribution in [0.5, 0.6) is 11.5 Å². The first kappa shape index (κ1) is 14.3. The predicted octanol–water partition coefficient (Wildman–Crippen LogP) is -0.425. The van der Waals surface area contributed by atoms with Crippen molar-refractivity contribution < 1.29 is 28.9 Å². The van der Waals surface area contributed by atoms with E-state index in [0.717, 1.165) is 12.0 Å². The third-order valence-electron chi connectivity index (χ3n) is 4.75. The first-order chi connectivity index (χ1) is 11.1. The van der Waals surface area contributed by atoms with E-state index in [2.05, 4.69) is 5.32 Å². The Morgan fingerprint density at radius 1 is 1.13 bits per heavy atom. The Hall–Kier alpha value is -2.28. The van der Waals surface area contributed by atoms with E-state index in [1.165, 1.54) is 0 Å². The molecule has 0 aromatic heterocycles. The van der Waals surface area contributed by atoms with Gasteiger partial charge in [-0.05, 0) is 30.5 Å². The first-order valence-electron chi connectivity index (χ1n) is 7.66. The highest BCUT2D eigenvalue weighted by Crippen LogP contribution is 2.43. The minimum Gasteiger partial charge on any atom is -0.550 e. The normalized spacial score (nSPS) is 30.4. The molecule has 0 spiro atoms. The van der Waals surface area contributed by atoms with Crippen LogP contribution in [-0.2, 0) is 20.9 Å². The molecule has 0 aliphatic carbocycles. The third-order valence-corrected chi connectivity index (χ3v) is 4.75. The Morgan fingerprint density at radius 2 is 1.87 bits per heavy atom. The number of rotatable bonds is 4. The van der Waals surface area contributed by atoms with Gasteiger partial charge in [-0.2, -0.15) is 0 Å². The average Bonchev–Trinajstić information content (AvgIpc) is 3.25. The van der Waals surface area contributed by atoms with Crippen LogP contribution in [0.1, 0.15) is 18.4 Å². The molecule has 122 valence electrons. The van der Waals surface area contributed by atoms with Crippen LogP contribution in [0.2, 0.25) is 0 Å². The van der Waals surface area contributed by atoms with E-state index < -0.39 is 23.9 Å². The zero-order chi connectivity index (χ0) is 16.0. The van der Waals surface area contributed by atoms with Gasteiger partial charge >= 0.3 is 0 Å². The SMILES string of the molecule is O=C([O-])[C@@H]1[C@H](C(=O)NCc2ccc3c(c2)OCO3)[C@H]2CC[C@@H]1O2. The lowest BCUT2D eigenvalue weighted by Crippen LogP contribution is -2.48. The number of carboxylic acid groups (broad SMARTS) is 1. The number of carbonyl (C=O) groups excluding carboxylic acids is 2.